The van der Waals surface area contributed by atoms with Crippen molar-refractivity contribution in [3.05, 3.63) is 64.9 Å². The SMILES string of the molecule is COC(=O)C(CSCc1ccccc1)NS(=O)(=O)c1ccc(F)c(Cl)c1. The summed E-state index contributed by atoms with van der Waals surface area (Å²) in [7, 11) is -2.88. The van der Waals surface area contributed by atoms with E-state index in [0.717, 1.165) is 23.8 Å². The Morgan fingerprint density at radius 1 is 1.27 bits per heavy atom. The van der Waals surface area contributed by atoms with Crippen LogP contribution in [0.25, 0.3) is 0 Å². The van der Waals surface area contributed by atoms with Gasteiger partial charge in [0.05, 0.1) is 17.0 Å². The first-order valence-electron chi connectivity index (χ1n) is 7.50. The van der Waals surface area contributed by atoms with Gasteiger partial charge in [-0.25, -0.2) is 12.8 Å². The van der Waals surface area contributed by atoms with Gasteiger partial charge in [-0.15, -0.1) is 0 Å². The fourth-order valence-corrected chi connectivity index (χ4v) is 4.62. The van der Waals surface area contributed by atoms with E-state index in [2.05, 4.69) is 9.46 Å². The van der Waals surface area contributed by atoms with Gasteiger partial charge in [0.2, 0.25) is 10.0 Å². The molecule has 1 N–H and O–H groups in total. The molecule has 0 spiro atoms. The third-order valence-electron chi connectivity index (χ3n) is 3.38. The van der Waals surface area contributed by atoms with Crippen molar-refractivity contribution < 1.29 is 22.3 Å². The lowest BCUT2D eigenvalue weighted by Gasteiger charge is -2.16. The van der Waals surface area contributed by atoms with Crippen LogP contribution in [0.5, 0.6) is 0 Å². The van der Waals surface area contributed by atoms with Crippen LogP contribution in [0.2, 0.25) is 5.02 Å². The topological polar surface area (TPSA) is 72.5 Å². The van der Waals surface area contributed by atoms with Gasteiger partial charge in [-0.3, -0.25) is 4.79 Å². The van der Waals surface area contributed by atoms with Gasteiger partial charge in [0.25, 0.3) is 0 Å². The Hall–Kier alpha value is -1.61. The molecule has 0 aliphatic heterocycles. The standard InChI is InChI=1S/C17H17ClFNO4S2/c1-24-17(21)16(11-25-10-12-5-3-2-4-6-12)20-26(22,23)13-7-8-15(19)14(18)9-13/h2-9,16,20H,10-11H2,1H3. The van der Waals surface area contributed by atoms with Gasteiger partial charge in [-0.1, -0.05) is 41.9 Å². The zero-order valence-electron chi connectivity index (χ0n) is 13.8. The molecule has 0 aliphatic rings. The molecule has 2 aromatic rings. The number of carbonyl (C=O) groups excluding carboxylic acids is 1. The zero-order chi connectivity index (χ0) is 19.2. The Bertz CT molecular complexity index is 862. The smallest absolute Gasteiger partial charge is 0.324 e. The first kappa shape index (κ1) is 20.7. The number of benzene rings is 2. The van der Waals surface area contributed by atoms with Gasteiger partial charge in [-0.05, 0) is 23.8 Å². The highest BCUT2D eigenvalue weighted by molar-refractivity contribution is 7.98. The Morgan fingerprint density at radius 3 is 2.58 bits per heavy atom. The van der Waals surface area contributed by atoms with Crippen molar-refractivity contribution in [2.45, 2.75) is 16.7 Å². The minimum Gasteiger partial charge on any atom is -0.468 e. The van der Waals surface area contributed by atoms with E-state index in [-0.39, 0.29) is 15.7 Å². The van der Waals surface area contributed by atoms with E-state index < -0.39 is 27.9 Å². The van der Waals surface area contributed by atoms with Gasteiger partial charge in [0.1, 0.15) is 11.9 Å². The Labute approximate surface area is 160 Å². The van der Waals surface area contributed by atoms with E-state index in [9.17, 15) is 17.6 Å². The molecule has 0 amide bonds. The van der Waals surface area contributed by atoms with Crippen molar-refractivity contribution in [2.24, 2.45) is 0 Å². The molecule has 0 heterocycles. The zero-order valence-corrected chi connectivity index (χ0v) is 16.2. The van der Waals surface area contributed by atoms with Crippen LogP contribution in [-0.4, -0.2) is 33.3 Å². The molecule has 0 aromatic heterocycles. The number of methoxy groups -OCH3 is 1. The average Bonchev–Trinajstić information content (AvgIpc) is 2.63. The van der Waals surface area contributed by atoms with Crippen molar-refractivity contribution in [1.29, 1.82) is 0 Å². The first-order chi connectivity index (χ1) is 12.3. The maximum Gasteiger partial charge on any atom is 0.324 e. The Morgan fingerprint density at radius 2 is 1.96 bits per heavy atom. The maximum absolute atomic E-state index is 13.2. The van der Waals surface area contributed by atoms with Gasteiger partial charge >= 0.3 is 5.97 Å². The lowest BCUT2D eigenvalue weighted by atomic mass is 10.2. The monoisotopic (exact) mass is 417 g/mol. The molecular weight excluding hydrogens is 401 g/mol. The van der Waals surface area contributed by atoms with Crippen molar-refractivity contribution in [1.82, 2.24) is 4.72 Å². The van der Waals surface area contributed by atoms with Crippen LogP contribution in [0.15, 0.2) is 53.4 Å². The summed E-state index contributed by atoms with van der Waals surface area (Å²) in [4.78, 5) is 11.7. The highest BCUT2D eigenvalue weighted by Gasteiger charge is 2.27. The molecule has 0 saturated carbocycles. The number of carbonyl (C=O) groups is 1. The summed E-state index contributed by atoms with van der Waals surface area (Å²) < 4.78 is 45.1. The lowest BCUT2D eigenvalue weighted by molar-refractivity contribution is -0.141. The fourth-order valence-electron chi connectivity index (χ4n) is 2.06. The van der Waals surface area contributed by atoms with E-state index >= 15 is 0 Å². The van der Waals surface area contributed by atoms with Crippen molar-refractivity contribution in [3.8, 4) is 0 Å². The first-order valence-corrected chi connectivity index (χ1v) is 10.5. The lowest BCUT2D eigenvalue weighted by Crippen LogP contribution is -2.43. The highest BCUT2D eigenvalue weighted by Crippen LogP contribution is 2.20. The summed E-state index contributed by atoms with van der Waals surface area (Å²) >= 11 is 7.02. The van der Waals surface area contributed by atoms with Crippen molar-refractivity contribution in [2.75, 3.05) is 12.9 Å². The van der Waals surface area contributed by atoms with Crippen LogP contribution in [0.3, 0.4) is 0 Å². The summed E-state index contributed by atoms with van der Waals surface area (Å²) in [6.07, 6.45) is 0. The van der Waals surface area contributed by atoms with Crippen molar-refractivity contribution >= 4 is 39.4 Å². The molecule has 1 atom stereocenters. The third-order valence-corrected chi connectivity index (χ3v) is 6.25. The number of sulfonamides is 1. The van der Waals surface area contributed by atoms with Crippen LogP contribution in [0.4, 0.5) is 4.39 Å². The normalized spacial score (nSPS) is 12.6. The predicted molar refractivity (Wildman–Crippen MR) is 100 cm³/mol. The van der Waals surface area contributed by atoms with E-state index in [1.807, 2.05) is 30.3 Å². The van der Waals surface area contributed by atoms with Gasteiger partial charge in [0, 0.05) is 11.5 Å². The summed E-state index contributed by atoms with van der Waals surface area (Å²) in [6.45, 7) is 0. The number of nitrogens with one attached hydrogen (secondary N) is 1. The van der Waals surface area contributed by atoms with E-state index in [1.165, 1.54) is 18.9 Å². The Kier molecular flexibility index (Phi) is 7.45. The molecule has 0 fully saturated rings. The second-order valence-corrected chi connectivity index (χ2v) is 8.43. The number of hydrogen-bond acceptors (Lipinski definition) is 5. The molecule has 0 aliphatic carbocycles. The molecule has 140 valence electrons. The molecule has 5 nitrogen and oxygen atoms in total. The van der Waals surface area contributed by atoms with Crippen LogP contribution >= 0.6 is 23.4 Å². The largest absolute Gasteiger partial charge is 0.468 e. The summed E-state index contributed by atoms with van der Waals surface area (Å²) in [5, 5.41) is -0.319. The molecule has 2 aromatic carbocycles. The second-order valence-electron chi connectivity index (χ2n) is 5.27. The highest BCUT2D eigenvalue weighted by atomic mass is 35.5. The van der Waals surface area contributed by atoms with E-state index in [4.69, 9.17) is 11.6 Å². The molecule has 1 unspecified atom stereocenters. The van der Waals surface area contributed by atoms with Gasteiger partial charge < -0.3 is 4.74 Å². The molecule has 0 radical (unpaired) electrons. The molecule has 26 heavy (non-hydrogen) atoms. The molecule has 9 heteroatoms. The minimum absolute atomic E-state index is 0.176. The predicted octanol–water partition coefficient (Wildman–Crippen LogP) is 3.23. The molecular formula is C17H17ClFNO4S2. The molecule has 0 saturated heterocycles. The van der Waals surface area contributed by atoms with Crippen LogP contribution < -0.4 is 4.72 Å². The summed E-state index contributed by atoms with van der Waals surface area (Å²) in [5.41, 5.74) is 1.05. The van der Waals surface area contributed by atoms with Gasteiger partial charge in [-0.2, -0.15) is 16.5 Å². The molecule has 0 bridgehead atoms. The fraction of sp³-hybridized carbons (Fsp3) is 0.235. The van der Waals surface area contributed by atoms with E-state index in [1.54, 1.807) is 0 Å². The third kappa shape index (κ3) is 5.70. The molecule has 2 rings (SSSR count). The number of thioether (sulfide) groups is 1. The summed E-state index contributed by atoms with van der Waals surface area (Å²) in [6, 6.07) is 11.5. The van der Waals surface area contributed by atoms with Crippen molar-refractivity contribution in [3.63, 3.8) is 0 Å². The number of hydrogen-bond donors (Lipinski definition) is 1. The van der Waals surface area contributed by atoms with Crippen LogP contribution in [0, 0.1) is 5.82 Å². The number of esters is 1. The van der Waals surface area contributed by atoms with Gasteiger partial charge in [0.15, 0.2) is 0 Å². The minimum atomic E-state index is -4.06. The van der Waals surface area contributed by atoms with E-state index in [0.29, 0.717) is 5.75 Å². The van der Waals surface area contributed by atoms with Crippen LogP contribution in [-0.2, 0) is 25.3 Å². The number of ether oxygens (including phenoxy) is 1. The second kappa shape index (κ2) is 9.36. The Balaban J connectivity index is 2.08. The summed E-state index contributed by atoms with van der Waals surface area (Å²) in [5.74, 6) is -0.648. The maximum atomic E-state index is 13.2. The number of rotatable bonds is 8. The average molecular weight is 418 g/mol. The number of halogens is 2. The quantitative estimate of drug-likeness (QED) is 0.667. The van der Waals surface area contributed by atoms with Crippen LogP contribution in [0.1, 0.15) is 5.56 Å².